The molecule has 11 heteroatoms. The average Bonchev–Trinajstić information content (AvgIpc) is 3.27. The third kappa shape index (κ3) is 3.83. The lowest BCUT2D eigenvalue weighted by atomic mass is 9.69. The van der Waals surface area contributed by atoms with Crippen LogP contribution in [0.25, 0.3) is 0 Å². The molecule has 2 fully saturated rings. The molecule has 3 heterocycles. The number of amidine groups is 1. The number of fused-ring (bicyclic) bond motifs is 1. The number of aromatic nitrogens is 2. The largest absolute Gasteiger partial charge is 0.476 e. The summed E-state index contributed by atoms with van der Waals surface area (Å²) in [7, 11) is 0. The molecular weight excluding hydrogens is 448 g/mol. The second kappa shape index (κ2) is 7.86. The van der Waals surface area contributed by atoms with Gasteiger partial charge in [0.1, 0.15) is 29.3 Å². The van der Waals surface area contributed by atoms with Crippen molar-refractivity contribution in [3.8, 4) is 5.88 Å². The number of carbonyl (C=O) groups is 1. The van der Waals surface area contributed by atoms with Gasteiger partial charge in [-0.15, -0.1) is 0 Å². The van der Waals surface area contributed by atoms with Gasteiger partial charge < -0.3 is 25.3 Å². The quantitative estimate of drug-likeness (QED) is 0.661. The molecule has 1 amide bonds. The van der Waals surface area contributed by atoms with E-state index >= 15 is 0 Å². The molecule has 2 aromatic rings. The molecular formula is C23H25F2N5O4. The van der Waals surface area contributed by atoms with E-state index in [4.69, 9.17) is 19.9 Å². The van der Waals surface area contributed by atoms with Crippen LogP contribution >= 0.6 is 0 Å². The maximum Gasteiger partial charge on any atom is 0.282 e. The molecule has 4 unspecified atom stereocenters. The lowest BCUT2D eigenvalue weighted by Gasteiger charge is -2.42. The molecule has 34 heavy (non-hydrogen) atoms. The number of hydrogen-bond acceptors (Lipinski definition) is 8. The Morgan fingerprint density at radius 2 is 2.06 bits per heavy atom. The highest BCUT2D eigenvalue weighted by Crippen LogP contribution is 2.51. The second-order valence-corrected chi connectivity index (χ2v) is 9.53. The van der Waals surface area contributed by atoms with Crippen molar-refractivity contribution >= 4 is 17.6 Å². The first-order valence-electron chi connectivity index (χ1n) is 10.9. The van der Waals surface area contributed by atoms with E-state index in [0.29, 0.717) is 18.7 Å². The Kier molecular flexibility index (Phi) is 5.19. The Morgan fingerprint density at radius 3 is 2.76 bits per heavy atom. The Labute approximate surface area is 194 Å². The molecule has 1 saturated heterocycles. The van der Waals surface area contributed by atoms with Crippen LogP contribution in [0.1, 0.15) is 36.3 Å². The molecule has 1 aromatic carbocycles. The number of nitrogens with one attached hydrogen (secondary N) is 1. The summed E-state index contributed by atoms with van der Waals surface area (Å²) >= 11 is 0. The normalized spacial score (nSPS) is 31.8. The number of carbonyl (C=O) groups excluding carboxylic acids is 1. The summed E-state index contributed by atoms with van der Waals surface area (Å²) in [5.74, 6) is -0.979. The minimum Gasteiger partial charge on any atom is -0.476 e. The summed E-state index contributed by atoms with van der Waals surface area (Å²) in [6.07, 6.45) is 3.03. The summed E-state index contributed by atoms with van der Waals surface area (Å²) in [4.78, 5) is 25.3. The molecule has 3 N–H and O–H groups in total. The monoisotopic (exact) mass is 473 g/mol. The van der Waals surface area contributed by atoms with Crippen LogP contribution in [0.3, 0.4) is 0 Å². The van der Waals surface area contributed by atoms with Gasteiger partial charge in [-0.05, 0) is 31.5 Å². The molecule has 4 atom stereocenters. The topological polar surface area (TPSA) is 121 Å². The Morgan fingerprint density at radius 1 is 1.26 bits per heavy atom. The summed E-state index contributed by atoms with van der Waals surface area (Å²) < 4.78 is 45.1. The third-order valence-corrected chi connectivity index (χ3v) is 6.87. The Hall–Kier alpha value is -3.34. The average molecular weight is 473 g/mol. The number of benzene rings is 1. The van der Waals surface area contributed by atoms with Crippen molar-refractivity contribution in [1.29, 1.82) is 0 Å². The fraction of sp³-hybridized carbons (Fsp3) is 0.478. The minimum absolute atomic E-state index is 0.0350. The van der Waals surface area contributed by atoms with Gasteiger partial charge in [0.2, 0.25) is 5.88 Å². The van der Waals surface area contributed by atoms with E-state index in [0.717, 1.165) is 0 Å². The molecule has 5 rings (SSSR count). The molecule has 1 saturated carbocycles. The van der Waals surface area contributed by atoms with Crippen LogP contribution in [-0.2, 0) is 15.0 Å². The van der Waals surface area contributed by atoms with Crippen molar-refractivity contribution in [1.82, 2.24) is 9.97 Å². The van der Waals surface area contributed by atoms with E-state index in [1.165, 1.54) is 37.5 Å². The first-order valence-corrected chi connectivity index (χ1v) is 10.9. The molecule has 9 nitrogen and oxygen atoms in total. The number of rotatable bonds is 6. The van der Waals surface area contributed by atoms with Gasteiger partial charge in [-0.25, -0.2) is 23.7 Å². The summed E-state index contributed by atoms with van der Waals surface area (Å²) in [5, 5.41) is 2.71. The van der Waals surface area contributed by atoms with E-state index in [1.54, 1.807) is 0 Å². The van der Waals surface area contributed by atoms with Crippen LogP contribution < -0.4 is 15.8 Å². The fourth-order valence-corrected chi connectivity index (χ4v) is 4.43. The smallest absolute Gasteiger partial charge is 0.282 e. The lowest BCUT2D eigenvalue weighted by Crippen LogP contribution is -2.50. The number of alkyl halides is 1. The van der Waals surface area contributed by atoms with Crippen molar-refractivity contribution in [3.63, 3.8) is 0 Å². The molecule has 2 aliphatic heterocycles. The van der Waals surface area contributed by atoms with Gasteiger partial charge >= 0.3 is 0 Å². The summed E-state index contributed by atoms with van der Waals surface area (Å²) in [5.41, 5.74) is 3.58. The predicted octanol–water partition coefficient (Wildman–Crippen LogP) is 2.57. The first-order chi connectivity index (χ1) is 16.1. The summed E-state index contributed by atoms with van der Waals surface area (Å²) in [6.45, 7) is 4.33. The van der Waals surface area contributed by atoms with Crippen molar-refractivity contribution in [2.75, 3.05) is 31.7 Å². The molecule has 1 aromatic heterocycles. The van der Waals surface area contributed by atoms with Crippen molar-refractivity contribution in [2.24, 2.45) is 22.1 Å². The zero-order chi connectivity index (χ0) is 24.1. The van der Waals surface area contributed by atoms with E-state index in [9.17, 15) is 13.6 Å². The van der Waals surface area contributed by atoms with E-state index < -0.39 is 28.3 Å². The molecule has 0 spiro atoms. The van der Waals surface area contributed by atoms with Crippen LogP contribution in [0.5, 0.6) is 5.88 Å². The van der Waals surface area contributed by atoms with Gasteiger partial charge in [-0.1, -0.05) is 6.92 Å². The highest BCUT2D eigenvalue weighted by atomic mass is 19.1. The highest BCUT2D eigenvalue weighted by molar-refractivity contribution is 6.02. The van der Waals surface area contributed by atoms with E-state index in [2.05, 4.69) is 20.3 Å². The van der Waals surface area contributed by atoms with Crippen LogP contribution in [0.4, 0.5) is 14.5 Å². The van der Waals surface area contributed by atoms with Crippen molar-refractivity contribution in [2.45, 2.75) is 31.5 Å². The SMILES string of the molecule is CC1(F)CC1COc1cnc(C(=O)Nc2ccc(F)c(C34COCC3(C)COC(N)=N4)c2)cn1. The number of nitrogens with zero attached hydrogens (tertiary/aromatic N) is 3. The zero-order valence-electron chi connectivity index (χ0n) is 18.8. The predicted molar refractivity (Wildman–Crippen MR) is 118 cm³/mol. The summed E-state index contributed by atoms with van der Waals surface area (Å²) in [6, 6.07) is 4.20. The van der Waals surface area contributed by atoms with Crippen LogP contribution in [0.2, 0.25) is 0 Å². The van der Waals surface area contributed by atoms with Crippen LogP contribution in [-0.4, -0.2) is 54.0 Å². The van der Waals surface area contributed by atoms with Gasteiger partial charge in [0.15, 0.2) is 0 Å². The maximum absolute atomic E-state index is 15.0. The number of amides is 1. The highest BCUT2D eigenvalue weighted by Gasteiger charge is 2.58. The van der Waals surface area contributed by atoms with E-state index in [1.807, 2.05) is 6.92 Å². The van der Waals surface area contributed by atoms with Crippen LogP contribution in [0.15, 0.2) is 35.6 Å². The zero-order valence-corrected chi connectivity index (χ0v) is 18.8. The molecule has 180 valence electrons. The first kappa shape index (κ1) is 22.5. The standard InChI is InChI=1S/C23H25F2N5O4/c1-21-10-32-12-23(21,30-20(26)34-11-21)15-5-14(3-4-16(15)24)29-19(31)17-7-28-18(8-27-17)33-9-13-6-22(13,2)25/h3-5,7-8,13H,6,9-12H2,1-2H3,(H2,26,30)(H,29,31). The van der Waals surface area contributed by atoms with Gasteiger partial charge in [0, 0.05) is 17.2 Å². The number of aliphatic imine (C=N–C) groups is 1. The second-order valence-electron chi connectivity index (χ2n) is 9.53. The molecule has 0 radical (unpaired) electrons. The number of halogens is 2. The molecule has 1 aliphatic carbocycles. The Bertz CT molecular complexity index is 1160. The lowest BCUT2D eigenvalue weighted by molar-refractivity contribution is 0.0665. The number of hydrogen-bond donors (Lipinski definition) is 2. The number of nitrogens with two attached hydrogens (primary N) is 1. The number of anilines is 1. The van der Waals surface area contributed by atoms with Gasteiger partial charge in [0.25, 0.3) is 11.9 Å². The van der Waals surface area contributed by atoms with E-state index in [-0.39, 0.29) is 48.9 Å². The van der Waals surface area contributed by atoms with Crippen molar-refractivity contribution < 1.29 is 27.8 Å². The van der Waals surface area contributed by atoms with Gasteiger partial charge in [-0.3, -0.25) is 4.79 Å². The van der Waals surface area contributed by atoms with Crippen molar-refractivity contribution in [3.05, 3.63) is 47.7 Å². The van der Waals surface area contributed by atoms with Gasteiger partial charge in [0.05, 0.1) is 37.6 Å². The Balaban J connectivity index is 1.32. The molecule has 0 bridgehead atoms. The maximum atomic E-state index is 15.0. The number of ether oxygens (including phenoxy) is 3. The third-order valence-electron chi connectivity index (χ3n) is 6.87. The fourth-order valence-electron chi connectivity index (χ4n) is 4.43. The van der Waals surface area contributed by atoms with Gasteiger partial charge in [-0.2, -0.15) is 0 Å². The minimum atomic E-state index is -1.19. The molecule has 3 aliphatic rings. The van der Waals surface area contributed by atoms with Crippen LogP contribution in [0, 0.1) is 17.2 Å².